The van der Waals surface area contributed by atoms with Crippen LogP contribution in [0.1, 0.15) is 11.8 Å². The molecule has 4 atom stereocenters. The fourth-order valence-electron chi connectivity index (χ4n) is 2.75. The van der Waals surface area contributed by atoms with Gasteiger partial charge in [-0.3, -0.25) is 4.99 Å². The molecule has 0 aromatic carbocycles. The lowest BCUT2D eigenvalue weighted by Gasteiger charge is -2.25. The minimum Gasteiger partial charge on any atom is -0.393 e. The van der Waals surface area contributed by atoms with Crippen molar-refractivity contribution in [1.29, 1.82) is 0 Å². The number of nitrogens with zero attached hydrogens (tertiary/aromatic N) is 4. The normalized spacial score (nSPS) is 32.3. The number of rotatable bonds is 3. The van der Waals surface area contributed by atoms with Crippen molar-refractivity contribution in [3.05, 3.63) is 24.2 Å². The summed E-state index contributed by atoms with van der Waals surface area (Å²) < 4.78 is 7.22. The second-order valence-electron chi connectivity index (χ2n) is 5.17. The van der Waals surface area contributed by atoms with E-state index in [0.29, 0.717) is 11.2 Å². The average molecular weight is 307 g/mol. The molecule has 2 aromatic heterocycles. The predicted molar refractivity (Wildman–Crippen MR) is 77.5 cm³/mol. The predicted octanol–water partition coefficient (Wildman–Crippen LogP) is -1.46. The van der Waals surface area contributed by atoms with Gasteiger partial charge in [-0.05, 0) is 12.1 Å². The second-order valence-corrected chi connectivity index (χ2v) is 5.17. The Bertz CT molecular complexity index is 718. The quantitative estimate of drug-likeness (QED) is 0.508. The summed E-state index contributed by atoms with van der Waals surface area (Å²) in [5, 5.41) is 34.2. The first-order chi connectivity index (χ1) is 10.5. The van der Waals surface area contributed by atoms with Gasteiger partial charge in [-0.25, -0.2) is 9.50 Å². The molecule has 0 saturated carbocycles. The molecule has 0 aliphatic carbocycles. The molecule has 3 heterocycles. The lowest BCUT2D eigenvalue weighted by atomic mass is 9.96. The van der Waals surface area contributed by atoms with Crippen LogP contribution in [0.5, 0.6) is 0 Å². The number of aliphatic hydroxyl groups excluding tert-OH is 3. The minimum absolute atomic E-state index is 0.290. The summed E-state index contributed by atoms with van der Waals surface area (Å²) in [4.78, 5) is 7.69. The minimum atomic E-state index is -1.46. The highest BCUT2D eigenvalue weighted by Crippen LogP contribution is 2.39. The molecule has 3 rings (SSSR count). The zero-order valence-electron chi connectivity index (χ0n) is 11.9. The molecule has 0 radical (unpaired) electrons. The Hall–Kier alpha value is -2.07. The summed E-state index contributed by atoms with van der Waals surface area (Å²) in [6.07, 6.45) is -0.886. The van der Waals surface area contributed by atoms with E-state index in [-0.39, 0.29) is 5.82 Å². The fourth-order valence-corrected chi connectivity index (χ4v) is 2.75. The monoisotopic (exact) mass is 307 g/mol. The number of ether oxygens (including phenoxy) is 1. The molecule has 1 aliphatic rings. The summed E-state index contributed by atoms with van der Waals surface area (Å²) in [7, 11) is 1.49. The lowest BCUT2D eigenvalue weighted by molar-refractivity contribution is -0.0628. The number of nitrogens with two attached hydrogens (primary N) is 1. The van der Waals surface area contributed by atoms with Crippen LogP contribution in [0.15, 0.2) is 23.5 Å². The molecule has 9 nitrogen and oxygen atoms in total. The topological polar surface area (TPSA) is 138 Å². The van der Waals surface area contributed by atoms with E-state index in [2.05, 4.69) is 15.1 Å². The Morgan fingerprint density at radius 3 is 2.95 bits per heavy atom. The molecule has 22 heavy (non-hydrogen) atoms. The van der Waals surface area contributed by atoms with Crippen LogP contribution < -0.4 is 5.73 Å². The van der Waals surface area contributed by atoms with Crippen molar-refractivity contribution >= 4 is 17.5 Å². The van der Waals surface area contributed by atoms with Crippen LogP contribution in [0.4, 0.5) is 5.82 Å². The number of nitrogen functional groups attached to an aromatic ring is 1. The highest BCUT2D eigenvalue weighted by atomic mass is 16.6. The van der Waals surface area contributed by atoms with Crippen molar-refractivity contribution < 1.29 is 20.1 Å². The summed E-state index contributed by atoms with van der Waals surface area (Å²) >= 11 is 0. The van der Waals surface area contributed by atoms with E-state index in [9.17, 15) is 15.3 Å². The van der Waals surface area contributed by atoms with Gasteiger partial charge >= 0.3 is 0 Å². The first-order valence-corrected chi connectivity index (χ1v) is 6.70. The molecule has 1 saturated heterocycles. The maximum Gasteiger partial charge on any atom is 0.155 e. The van der Waals surface area contributed by atoms with Crippen LogP contribution in [0, 0.1) is 0 Å². The van der Waals surface area contributed by atoms with Crippen molar-refractivity contribution in [2.24, 2.45) is 4.99 Å². The third-order valence-electron chi connectivity index (χ3n) is 3.88. The molecule has 1 aliphatic heterocycles. The van der Waals surface area contributed by atoms with Crippen molar-refractivity contribution in [3.8, 4) is 0 Å². The molecule has 2 aromatic rings. The van der Waals surface area contributed by atoms with Gasteiger partial charge in [-0.1, -0.05) is 0 Å². The second kappa shape index (κ2) is 5.29. The van der Waals surface area contributed by atoms with Crippen LogP contribution in [0.25, 0.3) is 5.52 Å². The zero-order chi connectivity index (χ0) is 15.9. The van der Waals surface area contributed by atoms with E-state index in [1.165, 1.54) is 24.1 Å². The number of aromatic nitrogens is 3. The third kappa shape index (κ3) is 1.98. The van der Waals surface area contributed by atoms with Gasteiger partial charge in [0.15, 0.2) is 11.4 Å². The smallest absolute Gasteiger partial charge is 0.155 e. The van der Waals surface area contributed by atoms with Gasteiger partial charge in [0.05, 0.1) is 12.3 Å². The lowest BCUT2D eigenvalue weighted by Crippen LogP contribution is -2.47. The first-order valence-electron chi connectivity index (χ1n) is 6.70. The van der Waals surface area contributed by atoms with Crippen LogP contribution in [0.3, 0.4) is 0 Å². The average Bonchev–Trinajstić information content (AvgIpc) is 3.04. The maximum absolute atomic E-state index is 10.3. The molecule has 0 unspecified atom stereocenters. The maximum atomic E-state index is 10.3. The van der Waals surface area contributed by atoms with Gasteiger partial charge in [0.1, 0.15) is 30.2 Å². The molecule has 9 heteroatoms. The molecular formula is C13H17N5O4. The van der Waals surface area contributed by atoms with Crippen LogP contribution in [-0.2, 0) is 4.74 Å². The van der Waals surface area contributed by atoms with Crippen molar-refractivity contribution in [3.63, 3.8) is 0 Å². The van der Waals surface area contributed by atoms with Gasteiger partial charge in [0.2, 0.25) is 0 Å². The molecule has 118 valence electrons. The highest BCUT2D eigenvalue weighted by molar-refractivity contribution is 5.71. The van der Waals surface area contributed by atoms with E-state index in [1.807, 2.05) is 0 Å². The third-order valence-corrected chi connectivity index (χ3v) is 3.88. The van der Waals surface area contributed by atoms with E-state index in [4.69, 9.17) is 10.5 Å². The Morgan fingerprint density at radius 2 is 2.27 bits per heavy atom. The molecule has 0 bridgehead atoms. The standard InChI is InChI=1S/C13H17N5O4/c1-15-4-13(5-19)11(21)9(20)10(22-13)7-2-3-8-12(14)16-6-17-18(7)8/h2-4,6,9-11,19-21H,5H2,1H3,(H2,14,16,17)/b15-4-/t9-,10-,11-,13+/m0/s1. The Balaban J connectivity index is 2.06. The van der Waals surface area contributed by atoms with Crippen molar-refractivity contribution in [2.45, 2.75) is 23.9 Å². The number of aliphatic hydroxyl groups is 3. The van der Waals surface area contributed by atoms with E-state index >= 15 is 0 Å². The summed E-state index contributed by atoms with van der Waals surface area (Å²) in [5.74, 6) is 0.290. The molecule has 0 spiro atoms. The number of fused-ring (bicyclic) bond motifs is 1. The molecule has 0 amide bonds. The van der Waals surface area contributed by atoms with E-state index < -0.39 is 30.5 Å². The summed E-state index contributed by atoms with van der Waals surface area (Å²) in [6.45, 7) is -0.514. The van der Waals surface area contributed by atoms with Gasteiger partial charge in [0, 0.05) is 13.3 Å². The van der Waals surface area contributed by atoms with Gasteiger partial charge in [-0.2, -0.15) is 5.10 Å². The van der Waals surface area contributed by atoms with Crippen LogP contribution in [-0.4, -0.2) is 67.6 Å². The molecular weight excluding hydrogens is 290 g/mol. The Labute approximate surface area is 125 Å². The number of hydrogen-bond donors (Lipinski definition) is 4. The number of hydrogen-bond acceptors (Lipinski definition) is 8. The van der Waals surface area contributed by atoms with E-state index in [0.717, 1.165) is 0 Å². The first kappa shape index (κ1) is 14.9. The number of anilines is 1. The SMILES string of the molecule is C/N=C\[C@]1(CO)O[C@@H](c2ccc3c(N)ncnn23)[C@H](O)[C@@H]1O. The number of aliphatic imine (C=N–C) groups is 1. The highest BCUT2D eigenvalue weighted by Gasteiger charge is 2.54. The van der Waals surface area contributed by atoms with Crippen LogP contribution in [0.2, 0.25) is 0 Å². The fraction of sp³-hybridized carbons (Fsp3) is 0.462. The van der Waals surface area contributed by atoms with Crippen molar-refractivity contribution in [1.82, 2.24) is 14.6 Å². The van der Waals surface area contributed by atoms with Gasteiger partial charge in [-0.15, -0.1) is 0 Å². The van der Waals surface area contributed by atoms with Crippen LogP contribution >= 0.6 is 0 Å². The van der Waals surface area contributed by atoms with E-state index in [1.54, 1.807) is 12.1 Å². The van der Waals surface area contributed by atoms with Crippen molar-refractivity contribution in [2.75, 3.05) is 19.4 Å². The Kier molecular flexibility index (Phi) is 3.57. The van der Waals surface area contributed by atoms with Gasteiger partial charge < -0.3 is 25.8 Å². The largest absolute Gasteiger partial charge is 0.393 e. The summed E-state index contributed by atoms with van der Waals surface area (Å²) in [5.41, 5.74) is 5.37. The van der Waals surface area contributed by atoms with Gasteiger partial charge in [0.25, 0.3) is 0 Å². The molecule has 5 N–H and O–H groups in total. The molecule has 1 fully saturated rings. The Morgan fingerprint density at radius 1 is 1.50 bits per heavy atom. The summed E-state index contributed by atoms with van der Waals surface area (Å²) in [6, 6.07) is 3.37. The zero-order valence-corrected chi connectivity index (χ0v) is 11.9.